The molecule has 0 saturated carbocycles. The number of aromatic nitrogens is 1. The van der Waals surface area contributed by atoms with E-state index in [2.05, 4.69) is 117 Å². The number of allylic oxidation sites excluding steroid dienone is 6. The maximum Gasteiger partial charge on any atom is 0.207 e. The predicted octanol–water partition coefficient (Wildman–Crippen LogP) is 13.3. The number of nitrogens with one attached hydrogen (secondary N) is 1. The van der Waals surface area contributed by atoms with Gasteiger partial charge in [0.25, 0.3) is 0 Å². The number of anilines is 1. The highest BCUT2D eigenvalue weighted by Crippen LogP contribution is 2.41. The van der Waals surface area contributed by atoms with E-state index in [9.17, 15) is 8.76 Å². The Bertz CT molecular complexity index is 3180. The molecule has 7 aromatic rings. The summed E-state index contributed by atoms with van der Waals surface area (Å²) in [6.07, 6.45) is 13.3. The molecule has 3 unspecified atom stereocenters. The van der Waals surface area contributed by atoms with E-state index in [1.807, 2.05) is 37.3 Å². The van der Waals surface area contributed by atoms with Crippen LogP contribution in [0.25, 0.3) is 55.2 Å². The molecule has 6 nitrogen and oxygen atoms in total. The highest BCUT2D eigenvalue weighted by molar-refractivity contribution is 7.95. The number of sulfone groups is 1. The lowest BCUT2D eigenvalue weighted by Gasteiger charge is -2.18. The fourth-order valence-corrected chi connectivity index (χ4v) is 11.7. The van der Waals surface area contributed by atoms with Gasteiger partial charge in [-0.3, -0.25) is 4.21 Å². The van der Waals surface area contributed by atoms with Gasteiger partial charge >= 0.3 is 0 Å². The Morgan fingerprint density at radius 2 is 1.54 bits per heavy atom. The minimum Gasteiger partial charge on any atom is -0.768 e. The van der Waals surface area contributed by atoms with Gasteiger partial charge in [0.05, 0.1) is 9.80 Å². The second-order valence-electron chi connectivity index (χ2n) is 16.9. The number of aryl methyl sites for hydroxylation is 1. The fraction of sp³-hybridized carbons (Fsp3) is 0.236. The van der Waals surface area contributed by atoms with Gasteiger partial charge in [0.15, 0.2) is 0 Å². The van der Waals surface area contributed by atoms with Gasteiger partial charge in [-0.25, -0.2) is 8.42 Å². The van der Waals surface area contributed by atoms with Gasteiger partial charge in [0.1, 0.15) is 0 Å². The molecule has 1 heterocycles. The predicted molar refractivity (Wildman–Crippen MR) is 264 cm³/mol. The second-order valence-corrected chi connectivity index (χ2v) is 19.8. The molecular formula is C55H55N2O4S2-. The van der Waals surface area contributed by atoms with Crippen molar-refractivity contribution >= 4 is 70.7 Å². The monoisotopic (exact) mass is 871 g/mol. The van der Waals surface area contributed by atoms with Gasteiger partial charge in [-0.1, -0.05) is 130 Å². The summed E-state index contributed by atoms with van der Waals surface area (Å²) >= 11 is -2.43. The quantitative estimate of drug-likeness (QED) is 0.0818. The summed E-state index contributed by atoms with van der Waals surface area (Å²) in [4.78, 5) is 0.587. The normalized spacial score (nSPS) is 16.0. The number of benzene rings is 6. The van der Waals surface area contributed by atoms with Crippen molar-refractivity contribution in [2.75, 3.05) is 5.32 Å². The SMILES string of the molecule is C=C(/C=C/C1=C(S(=O)(=O)c2ccc(C)c(-c3cccc(S(=O)[O-])c3)c2)C(=C/C=c2\c3cccc4cccc(c43)n2C(C)CCC)/CC1)c1cccc2cccc(NC(C)CCC)c12. The van der Waals surface area contributed by atoms with Crippen molar-refractivity contribution in [2.45, 2.75) is 95.0 Å². The van der Waals surface area contributed by atoms with Gasteiger partial charge in [-0.15, -0.1) is 0 Å². The van der Waals surface area contributed by atoms with Crippen LogP contribution in [0.4, 0.5) is 5.69 Å². The van der Waals surface area contributed by atoms with Crippen molar-refractivity contribution in [3.8, 4) is 11.1 Å². The first-order valence-corrected chi connectivity index (χ1v) is 24.6. The molecule has 0 fully saturated rings. The van der Waals surface area contributed by atoms with Crippen molar-refractivity contribution in [3.05, 3.63) is 173 Å². The third-order valence-electron chi connectivity index (χ3n) is 12.5. The molecule has 1 aliphatic rings. The molecule has 1 N–H and O–H groups in total. The van der Waals surface area contributed by atoms with Gasteiger partial charge in [0.2, 0.25) is 9.84 Å². The number of fused-ring (bicyclic) bond motifs is 1. The number of hydrogen-bond donors (Lipinski definition) is 1. The Morgan fingerprint density at radius 3 is 2.29 bits per heavy atom. The van der Waals surface area contributed by atoms with E-state index in [-0.39, 0.29) is 15.8 Å². The summed E-state index contributed by atoms with van der Waals surface area (Å²) in [5, 5.41) is 10.5. The summed E-state index contributed by atoms with van der Waals surface area (Å²) in [5.74, 6) is 0. The minimum absolute atomic E-state index is 0.140. The molecule has 1 aromatic heterocycles. The summed E-state index contributed by atoms with van der Waals surface area (Å²) in [6.45, 7) is 15.3. The van der Waals surface area contributed by atoms with Gasteiger partial charge in [0, 0.05) is 49.7 Å². The first-order chi connectivity index (χ1) is 30.4. The van der Waals surface area contributed by atoms with Crippen LogP contribution >= 0.6 is 0 Å². The molecule has 0 radical (unpaired) electrons. The lowest BCUT2D eigenvalue weighted by Crippen LogP contribution is -2.20. The van der Waals surface area contributed by atoms with E-state index in [1.165, 1.54) is 22.4 Å². The zero-order chi connectivity index (χ0) is 44.4. The van der Waals surface area contributed by atoms with Crippen LogP contribution in [0.1, 0.15) is 83.4 Å². The van der Waals surface area contributed by atoms with Crippen molar-refractivity contribution in [1.29, 1.82) is 0 Å². The Kier molecular flexibility index (Phi) is 12.9. The van der Waals surface area contributed by atoms with Crippen LogP contribution < -0.4 is 10.7 Å². The fourth-order valence-electron chi connectivity index (χ4n) is 9.49. The van der Waals surface area contributed by atoms with E-state index >= 15 is 8.42 Å². The minimum atomic E-state index is -4.11. The first-order valence-electron chi connectivity index (χ1n) is 22.1. The largest absolute Gasteiger partial charge is 0.768 e. The van der Waals surface area contributed by atoms with Gasteiger partial charge < -0.3 is 14.4 Å². The summed E-state index contributed by atoms with van der Waals surface area (Å²) in [7, 11) is -4.11. The van der Waals surface area contributed by atoms with Crippen molar-refractivity contribution < 1.29 is 17.2 Å². The average Bonchev–Trinajstić information content (AvgIpc) is 3.85. The van der Waals surface area contributed by atoms with E-state index in [1.54, 1.807) is 30.3 Å². The van der Waals surface area contributed by atoms with Gasteiger partial charge in [-0.05, 0) is 150 Å². The van der Waals surface area contributed by atoms with Crippen molar-refractivity contribution in [1.82, 2.24) is 4.57 Å². The molecule has 3 atom stereocenters. The molecule has 0 spiro atoms. The van der Waals surface area contributed by atoms with Gasteiger partial charge in [-0.2, -0.15) is 0 Å². The smallest absolute Gasteiger partial charge is 0.207 e. The molecule has 0 amide bonds. The van der Waals surface area contributed by atoms with Crippen LogP contribution in [0, 0.1) is 6.92 Å². The molecule has 0 saturated heterocycles. The Balaban J connectivity index is 1.29. The van der Waals surface area contributed by atoms with Crippen molar-refractivity contribution in [2.24, 2.45) is 0 Å². The number of rotatable bonds is 15. The molecule has 322 valence electrons. The van der Waals surface area contributed by atoms with Crippen LogP contribution in [0.3, 0.4) is 0 Å². The van der Waals surface area contributed by atoms with Crippen molar-refractivity contribution in [3.63, 3.8) is 0 Å². The molecular weight excluding hydrogens is 817 g/mol. The molecule has 0 bridgehead atoms. The Morgan fingerprint density at radius 1 is 0.841 bits per heavy atom. The first kappa shape index (κ1) is 43.8. The summed E-state index contributed by atoms with van der Waals surface area (Å²) in [5.41, 5.74) is 7.58. The van der Waals surface area contributed by atoms with Crippen LogP contribution in [0.2, 0.25) is 0 Å². The average molecular weight is 872 g/mol. The number of hydrogen-bond acceptors (Lipinski definition) is 5. The maximum atomic E-state index is 15.3. The Labute approximate surface area is 374 Å². The number of nitrogens with zero attached hydrogens (tertiary/aromatic N) is 1. The second kappa shape index (κ2) is 18.5. The van der Waals surface area contributed by atoms with E-state index in [4.69, 9.17) is 0 Å². The molecule has 8 rings (SSSR count). The van der Waals surface area contributed by atoms with Crippen LogP contribution in [-0.4, -0.2) is 27.8 Å². The zero-order valence-electron chi connectivity index (χ0n) is 36.8. The third kappa shape index (κ3) is 8.64. The lowest BCUT2D eigenvalue weighted by atomic mass is 9.96. The maximum absolute atomic E-state index is 15.3. The molecule has 1 aliphatic carbocycles. The topological polar surface area (TPSA) is 91.2 Å². The zero-order valence-corrected chi connectivity index (χ0v) is 38.4. The van der Waals surface area contributed by atoms with Crippen LogP contribution in [-0.2, 0) is 20.9 Å². The van der Waals surface area contributed by atoms with Crippen LogP contribution in [0.5, 0.6) is 0 Å². The Hall–Kier alpha value is -5.80. The molecule has 6 aromatic carbocycles. The third-order valence-corrected chi connectivity index (χ3v) is 15.1. The molecule has 63 heavy (non-hydrogen) atoms. The standard InChI is InChI=1S/C55H56N2O4S2/c1-7-14-38(5)56-50-24-12-18-40-16-10-22-47(53(40)50)36(3)26-28-42-29-30-43(31-33-51-48-23-11-17-41-19-13-25-52(54(41)48)57(51)39(6)15-8-2)55(42)63(60,61)46-32-27-37(4)49(35-46)44-20-9-21-45(34-44)62(58)59/h9-13,16-28,31-35,38-39,56H,3,7-8,14-15,29-30H2,1-2,4-6H3,(H,58,59)/p-1/b28-26+,43-31+,51-33+. The highest BCUT2D eigenvalue weighted by atomic mass is 32.2. The summed E-state index contributed by atoms with van der Waals surface area (Å²) < 4.78 is 56.9. The highest BCUT2D eigenvalue weighted by Gasteiger charge is 2.31. The molecule has 8 heteroatoms. The van der Waals surface area contributed by atoms with E-state index < -0.39 is 20.9 Å². The van der Waals surface area contributed by atoms with E-state index in [0.29, 0.717) is 34.9 Å². The van der Waals surface area contributed by atoms with E-state index in [0.717, 1.165) is 80.7 Å². The van der Waals surface area contributed by atoms with Crippen LogP contribution in [0.15, 0.2) is 166 Å². The summed E-state index contributed by atoms with van der Waals surface area (Å²) in [6, 6.07) is 37.7. The molecule has 0 aliphatic heterocycles. The lowest BCUT2D eigenvalue weighted by molar-refractivity contribution is 0.507.